The molecule has 0 spiro atoms. The quantitative estimate of drug-likeness (QED) is 0.657. The number of rotatable bonds is 1. The van der Waals surface area contributed by atoms with Crippen LogP contribution in [-0.2, 0) is 0 Å². The van der Waals surface area contributed by atoms with E-state index in [2.05, 4.69) is 0 Å². The Kier molecular flexibility index (Phi) is 1.74. The molecule has 0 aliphatic heterocycles. The van der Waals surface area contributed by atoms with Crippen LogP contribution < -0.4 is 5.73 Å². The summed E-state index contributed by atoms with van der Waals surface area (Å²) in [5.41, 5.74) is 6.60. The van der Waals surface area contributed by atoms with Crippen molar-refractivity contribution >= 4 is 0 Å². The Hall–Kier alpha value is -0.0400. The molecule has 1 nitrogen and oxygen atoms in total. The van der Waals surface area contributed by atoms with Gasteiger partial charge in [0, 0.05) is 0 Å². The van der Waals surface area contributed by atoms with Gasteiger partial charge in [-0.15, -0.1) is 0 Å². The van der Waals surface area contributed by atoms with Gasteiger partial charge in [-0.05, 0) is 61.8 Å². The molecule has 0 saturated heterocycles. The summed E-state index contributed by atoms with van der Waals surface area (Å²) in [7, 11) is 0. The van der Waals surface area contributed by atoms with Crippen LogP contribution >= 0.6 is 0 Å². The molecule has 4 aliphatic rings. The van der Waals surface area contributed by atoms with Crippen LogP contribution in [0.25, 0.3) is 0 Å². The van der Waals surface area contributed by atoms with Gasteiger partial charge < -0.3 is 5.73 Å². The van der Waals surface area contributed by atoms with E-state index in [0.717, 1.165) is 24.3 Å². The molecule has 2 atom stereocenters. The Morgan fingerprint density at radius 1 is 0.923 bits per heavy atom. The van der Waals surface area contributed by atoms with Crippen LogP contribution in [0.5, 0.6) is 0 Å². The maximum atomic E-state index is 6.00. The Morgan fingerprint density at radius 2 is 1.46 bits per heavy atom. The van der Waals surface area contributed by atoms with Crippen LogP contribution in [-0.4, -0.2) is 6.54 Å². The number of nitrogens with two attached hydrogens (primary N) is 1. The van der Waals surface area contributed by atoms with Gasteiger partial charge in [-0.25, -0.2) is 0 Å². The third-order valence-electron chi connectivity index (χ3n) is 4.91. The first kappa shape index (κ1) is 8.28. The molecule has 4 aliphatic carbocycles. The van der Waals surface area contributed by atoms with Crippen LogP contribution in [0.2, 0.25) is 0 Å². The van der Waals surface area contributed by atoms with Gasteiger partial charge in [-0.1, -0.05) is 12.8 Å². The summed E-state index contributed by atoms with van der Waals surface area (Å²) >= 11 is 0. The van der Waals surface area contributed by atoms with E-state index < -0.39 is 0 Å². The summed E-state index contributed by atoms with van der Waals surface area (Å²) in [5.74, 6) is 3.16. The van der Waals surface area contributed by atoms with E-state index in [4.69, 9.17) is 5.73 Å². The van der Waals surface area contributed by atoms with Crippen molar-refractivity contribution in [3.05, 3.63) is 0 Å². The lowest BCUT2D eigenvalue weighted by Gasteiger charge is -2.47. The molecule has 0 amide bonds. The van der Waals surface area contributed by atoms with E-state index in [1.54, 1.807) is 0 Å². The largest absolute Gasteiger partial charge is 0.330 e. The zero-order valence-corrected chi connectivity index (χ0v) is 8.47. The standard InChI is InChI=1S/C12H21N/c13-8-12-5-9-1-2-10(6-12)4-11(3-9)7-12/h9-11H,1-8,13H2/t9-,10-,11?,12?/m0/s1. The fourth-order valence-corrected chi connectivity index (χ4v) is 4.62. The fraction of sp³-hybridized carbons (Fsp3) is 1.00. The van der Waals surface area contributed by atoms with Gasteiger partial charge >= 0.3 is 0 Å². The van der Waals surface area contributed by atoms with Gasteiger partial charge in [-0.3, -0.25) is 0 Å². The second kappa shape index (κ2) is 2.73. The van der Waals surface area contributed by atoms with Crippen LogP contribution in [0.4, 0.5) is 0 Å². The second-order valence-corrected chi connectivity index (χ2v) is 5.96. The predicted molar refractivity (Wildman–Crippen MR) is 54.3 cm³/mol. The highest BCUT2D eigenvalue weighted by atomic mass is 14.6. The molecule has 0 aromatic rings. The van der Waals surface area contributed by atoms with Crippen molar-refractivity contribution in [2.45, 2.75) is 44.9 Å². The summed E-state index contributed by atoms with van der Waals surface area (Å²) in [6, 6.07) is 0. The lowest BCUT2D eigenvalue weighted by atomic mass is 9.58. The molecule has 0 heterocycles. The molecular weight excluding hydrogens is 158 g/mol. The molecule has 2 N–H and O–H groups in total. The van der Waals surface area contributed by atoms with Gasteiger partial charge in [0.2, 0.25) is 0 Å². The highest BCUT2D eigenvalue weighted by molar-refractivity contribution is 4.99. The first-order valence-electron chi connectivity index (χ1n) is 6.00. The van der Waals surface area contributed by atoms with Crippen molar-refractivity contribution in [1.82, 2.24) is 0 Å². The Balaban J connectivity index is 1.92. The molecule has 4 fully saturated rings. The fourth-order valence-electron chi connectivity index (χ4n) is 4.62. The molecule has 0 aromatic carbocycles. The van der Waals surface area contributed by atoms with E-state index >= 15 is 0 Å². The highest BCUT2D eigenvalue weighted by Crippen LogP contribution is 2.57. The molecule has 0 unspecified atom stereocenters. The van der Waals surface area contributed by atoms with Crippen LogP contribution in [0.15, 0.2) is 0 Å². The third-order valence-corrected chi connectivity index (χ3v) is 4.91. The Morgan fingerprint density at radius 3 is 2.00 bits per heavy atom. The first-order valence-corrected chi connectivity index (χ1v) is 6.00. The molecule has 13 heavy (non-hydrogen) atoms. The van der Waals surface area contributed by atoms with Gasteiger partial charge in [0.15, 0.2) is 0 Å². The molecular formula is C12H21N. The minimum absolute atomic E-state index is 0.604. The lowest BCUT2D eigenvalue weighted by molar-refractivity contribution is 0.0422. The van der Waals surface area contributed by atoms with E-state index in [0.29, 0.717) is 5.41 Å². The van der Waals surface area contributed by atoms with Gasteiger partial charge in [0.25, 0.3) is 0 Å². The third kappa shape index (κ3) is 1.24. The zero-order chi connectivity index (χ0) is 8.89. The molecule has 0 aromatic heterocycles. The Bertz CT molecular complexity index is 195. The number of fused-ring (bicyclic) bond motifs is 1. The summed E-state index contributed by atoms with van der Waals surface area (Å²) in [6.45, 7) is 0.969. The zero-order valence-electron chi connectivity index (χ0n) is 8.47. The SMILES string of the molecule is NCC12CC3C[C@H](CC[C@@H](C3)C1)C2. The number of hydrogen-bond acceptors (Lipinski definition) is 1. The molecule has 4 bridgehead atoms. The van der Waals surface area contributed by atoms with Crippen molar-refractivity contribution in [1.29, 1.82) is 0 Å². The van der Waals surface area contributed by atoms with Crippen molar-refractivity contribution in [2.24, 2.45) is 28.9 Å². The molecule has 4 rings (SSSR count). The first-order chi connectivity index (χ1) is 6.30. The topological polar surface area (TPSA) is 26.0 Å². The molecule has 74 valence electrons. The Labute approximate surface area is 81.1 Å². The minimum Gasteiger partial charge on any atom is -0.330 e. The monoisotopic (exact) mass is 179 g/mol. The van der Waals surface area contributed by atoms with Gasteiger partial charge in [0.1, 0.15) is 0 Å². The van der Waals surface area contributed by atoms with Crippen LogP contribution in [0.3, 0.4) is 0 Å². The van der Waals surface area contributed by atoms with E-state index in [1.807, 2.05) is 0 Å². The summed E-state index contributed by atoms with van der Waals surface area (Å²) < 4.78 is 0. The van der Waals surface area contributed by atoms with Crippen molar-refractivity contribution in [2.75, 3.05) is 6.54 Å². The van der Waals surface area contributed by atoms with Crippen LogP contribution in [0.1, 0.15) is 44.9 Å². The van der Waals surface area contributed by atoms with Gasteiger partial charge in [-0.2, -0.15) is 0 Å². The number of hydrogen-bond donors (Lipinski definition) is 1. The average Bonchev–Trinajstić information content (AvgIpc) is 2.33. The summed E-state index contributed by atoms with van der Waals surface area (Å²) in [5, 5.41) is 0. The van der Waals surface area contributed by atoms with Crippen molar-refractivity contribution < 1.29 is 0 Å². The van der Waals surface area contributed by atoms with Gasteiger partial charge in [0.05, 0.1) is 0 Å². The van der Waals surface area contributed by atoms with E-state index in [9.17, 15) is 0 Å². The molecule has 1 heteroatoms. The van der Waals surface area contributed by atoms with Crippen LogP contribution in [0, 0.1) is 23.2 Å². The lowest BCUT2D eigenvalue weighted by Crippen LogP contribution is -2.42. The normalized spacial score (nSPS) is 53.8. The molecule has 0 radical (unpaired) electrons. The van der Waals surface area contributed by atoms with E-state index in [-0.39, 0.29) is 0 Å². The maximum Gasteiger partial charge on any atom is -0.00202 e. The van der Waals surface area contributed by atoms with Crippen molar-refractivity contribution in [3.8, 4) is 0 Å². The average molecular weight is 179 g/mol. The summed E-state index contributed by atoms with van der Waals surface area (Å²) in [4.78, 5) is 0. The summed E-state index contributed by atoms with van der Waals surface area (Å²) in [6.07, 6.45) is 10.5. The maximum absolute atomic E-state index is 6.00. The second-order valence-electron chi connectivity index (χ2n) is 5.96. The minimum atomic E-state index is 0.604. The van der Waals surface area contributed by atoms with Crippen molar-refractivity contribution in [3.63, 3.8) is 0 Å². The highest BCUT2D eigenvalue weighted by Gasteiger charge is 2.47. The smallest absolute Gasteiger partial charge is 0.00202 e. The molecule has 4 saturated carbocycles. The van der Waals surface area contributed by atoms with E-state index in [1.165, 1.54) is 44.9 Å². The predicted octanol–water partition coefficient (Wildman–Crippen LogP) is 2.55.